The number of rotatable bonds is 5. The quantitative estimate of drug-likeness (QED) is 0.884. The van der Waals surface area contributed by atoms with Crippen LogP contribution in [0.2, 0.25) is 0 Å². The molecule has 2 heterocycles. The summed E-state index contributed by atoms with van der Waals surface area (Å²) >= 11 is 0. The van der Waals surface area contributed by atoms with Crippen LogP contribution in [0.15, 0.2) is 48.8 Å². The van der Waals surface area contributed by atoms with Gasteiger partial charge in [0.2, 0.25) is 5.91 Å². The van der Waals surface area contributed by atoms with E-state index in [0.717, 1.165) is 43.6 Å². The zero-order chi connectivity index (χ0) is 18.6. The van der Waals surface area contributed by atoms with E-state index < -0.39 is 17.8 Å². The van der Waals surface area contributed by atoms with Crippen LogP contribution in [0, 0.1) is 0 Å². The van der Waals surface area contributed by atoms with Gasteiger partial charge in [-0.05, 0) is 55.3 Å². The molecule has 3 rings (SSSR count). The fraction of sp³-hybridized carbons (Fsp3) is 0.368. The fourth-order valence-electron chi connectivity index (χ4n) is 3.21. The third-order valence-electron chi connectivity index (χ3n) is 4.48. The fourth-order valence-corrected chi connectivity index (χ4v) is 3.21. The highest BCUT2D eigenvalue weighted by Crippen LogP contribution is 2.29. The lowest BCUT2D eigenvalue weighted by Crippen LogP contribution is -2.39. The number of pyridine rings is 1. The molecule has 1 aromatic heterocycles. The summed E-state index contributed by atoms with van der Waals surface area (Å²) in [7, 11) is 0. The maximum absolute atomic E-state index is 12.8. The summed E-state index contributed by atoms with van der Waals surface area (Å²) in [4.78, 5) is 18.9. The number of nitrogens with one attached hydrogen (secondary N) is 1. The Balaban J connectivity index is 1.72. The molecule has 1 atom stereocenters. The Kier molecular flexibility index (Phi) is 5.56. The number of amides is 1. The summed E-state index contributed by atoms with van der Waals surface area (Å²) < 4.78 is 38.5. The lowest BCUT2D eigenvalue weighted by Gasteiger charge is -2.26. The summed E-state index contributed by atoms with van der Waals surface area (Å²) in [5.41, 5.74) is 0.489. The zero-order valence-corrected chi connectivity index (χ0v) is 14.2. The number of hydrogen-bond acceptors (Lipinski definition) is 3. The summed E-state index contributed by atoms with van der Waals surface area (Å²) in [6.07, 6.45) is 0.959. The molecule has 1 fully saturated rings. The molecule has 0 spiro atoms. The molecular formula is C19H20F3N3O. The Morgan fingerprint density at radius 1 is 1.19 bits per heavy atom. The molecule has 0 aliphatic carbocycles. The van der Waals surface area contributed by atoms with Crippen molar-refractivity contribution in [3.63, 3.8) is 0 Å². The maximum atomic E-state index is 12.8. The van der Waals surface area contributed by atoms with Gasteiger partial charge in [-0.3, -0.25) is 14.7 Å². The summed E-state index contributed by atoms with van der Waals surface area (Å²) in [6.45, 7) is 1.68. The van der Waals surface area contributed by atoms with Crippen molar-refractivity contribution in [3.05, 3.63) is 65.5 Å². The molecule has 1 saturated heterocycles. The number of benzene rings is 1. The van der Waals surface area contributed by atoms with Gasteiger partial charge in [0.05, 0.1) is 5.56 Å². The minimum absolute atomic E-state index is 0.0490. The van der Waals surface area contributed by atoms with Crippen LogP contribution >= 0.6 is 0 Å². The minimum atomic E-state index is -4.40. The summed E-state index contributed by atoms with van der Waals surface area (Å²) in [5.74, 6) is -0.225. The van der Waals surface area contributed by atoms with E-state index in [1.54, 1.807) is 24.5 Å². The number of likely N-dealkylation sites (tertiary alicyclic amines) is 1. The lowest BCUT2D eigenvalue weighted by molar-refractivity contribution is -0.137. The first kappa shape index (κ1) is 18.4. The summed E-state index contributed by atoms with van der Waals surface area (Å²) in [6, 6.07) is 8.16. The van der Waals surface area contributed by atoms with Gasteiger partial charge < -0.3 is 5.32 Å². The van der Waals surface area contributed by atoms with E-state index in [2.05, 4.69) is 15.2 Å². The van der Waals surface area contributed by atoms with Crippen molar-refractivity contribution in [2.24, 2.45) is 0 Å². The van der Waals surface area contributed by atoms with Gasteiger partial charge in [0.15, 0.2) is 0 Å². The molecule has 1 N–H and O–H groups in total. The first-order valence-corrected chi connectivity index (χ1v) is 8.53. The van der Waals surface area contributed by atoms with Crippen molar-refractivity contribution in [2.45, 2.75) is 31.6 Å². The Morgan fingerprint density at radius 2 is 1.96 bits per heavy atom. The van der Waals surface area contributed by atoms with Crippen molar-refractivity contribution in [1.29, 1.82) is 0 Å². The average molecular weight is 363 g/mol. The molecule has 0 bridgehead atoms. The molecule has 4 nitrogen and oxygen atoms in total. The number of aromatic nitrogens is 1. The number of carbonyl (C=O) groups excluding carboxylic acids is 1. The predicted molar refractivity (Wildman–Crippen MR) is 91.1 cm³/mol. The van der Waals surface area contributed by atoms with Crippen LogP contribution < -0.4 is 5.32 Å². The van der Waals surface area contributed by atoms with Crippen molar-refractivity contribution in [1.82, 2.24) is 15.2 Å². The first-order valence-electron chi connectivity index (χ1n) is 8.53. The Hall–Kier alpha value is -2.41. The molecule has 0 radical (unpaired) electrons. The van der Waals surface area contributed by atoms with Crippen molar-refractivity contribution in [3.8, 4) is 0 Å². The van der Waals surface area contributed by atoms with Crippen molar-refractivity contribution >= 4 is 5.91 Å². The first-order chi connectivity index (χ1) is 12.4. The molecule has 0 unspecified atom stereocenters. The van der Waals surface area contributed by atoms with E-state index in [1.165, 1.54) is 6.07 Å². The Morgan fingerprint density at radius 3 is 2.62 bits per heavy atom. The molecule has 1 aliphatic rings. The second-order valence-corrected chi connectivity index (χ2v) is 6.35. The number of alkyl halides is 3. The molecule has 138 valence electrons. The van der Waals surface area contributed by atoms with E-state index in [0.29, 0.717) is 5.56 Å². The smallest absolute Gasteiger partial charge is 0.350 e. The monoisotopic (exact) mass is 363 g/mol. The predicted octanol–water partition coefficient (Wildman–Crippen LogP) is 3.55. The normalized spacial score (nSPS) is 16.4. The van der Waals surface area contributed by atoms with Crippen molar-refractivity contribution in [2.75, 3.05) is 13.1 Å². The van der Waals surface area contributed by atoms with E-state index in [9.17, 15) is 18.0 Å². The highest BCUT2D eigenvalue weighted by atomic mass is 19.4. The molecule has 1 amide bonds. The lowest BCUT2D eigenvalue weighted by atomic mass is 10.1. The molecule has 2 aromatic rings. The van der Waals surface area contributed by atoms with Crippen LogP contribution in [0.5, 0.6) is 0 Å². The van der Waals surface area contributed by atoms with Crippen LogP contribution in [0.25, 0.3) is 0 Å². The van der Waals surface area contributed by atoms with Gasteiger partial charge in [0.25, 0.3) is 0 Å². The van der Waals surface area contributed by atoms with E-state index in [1.807, 2.05) is 6.07 Å². The largest absolute Gasteiger partial charge is 0.416 e. The standard InChI is InChI=1S/C19H20F3N3O/c20-19(21,22)16-7-3-5-14(11-16)12-24-18(26)17(25-9-1-2-10-25)15-6-4-8-23-13-15/h3-8,11,13,17H,1-2,9-10,12H2,(H,24,26)/t17-/m1/s1. The second-order valence-electron chi connectivity index (χ2n) is 6.35. The van der Waals surface area contributed by atoms with Gasteiger partial charge in [0, 0.05) is 18.9 Å². The number of nitrogens with zero attached hydrogens (tertiary/aromatic N) is 2. The van der Waals surface area contributed by atoms with Crippen LogP contribution in [0.4, 0.5) is 13.2 Å². The molecule has 1 aliphatic heterocycles. The van der Waals surface area contributed by atoms with E-state index >= 15 is 0 Å². The topological polar surface area (TPSA) is 45.2 Å². The van der Waals surface area contributed by atoms with Crippen LogP contribution in [-0.2, 0) is 17.5 Å². The van der Waals surface area contributed by atoms with Gasteiger partial charge in [-0.25, -0.2) is 0 Å². The zero-order valence-electron chi connectivity index (χ0n) is 14.2. The Bertz CT molecular complexity index is 743. The van der Waals surface area contributed by atoms with E-state index in [-0.39, 0.29) is 12.5 Å². The average Bonchev–Trinajstić information content (AvgIpc) is 3.15. The molecule has 26 heavy (non-hydrogen) atoms. The SMILES string of the molecule is O=C(NCc1cccc(C(F)(F)F)c1)[C@@H](c1cccnc1)N1CCCC1. The van der Waals surface area contributed by atoms with Crippen LogP contribution in [0.1, 0.15) is 35.6 Å². The Labute approximate surface area is 150 Å². The second kappa shape index (κ2) is 7.86. The third-order valence-corrected chi connectivity index (χ3v) is 4.48. The minimum Gasteiger partial charge on any atom is -0.350 e. The molecule has 1 aromatic carbocycles. The van der Waals surface area contributed by atoms with Crippen molar-refractivity contribution < 1.29 is 18.0 Å². The molecule has 7 heteroatoms. The van der Waals surface area contributed by atoms with Gasteiger partial charge >= 0.3 is 6.18 Å². The summed E-state index contributed by atoms with van der Waals surface area (Å²) in [5, 5.41) is 2.78. The van der Waals surface area contributed by atoms with Gasteiger partial charge in [-0.15, -0.1) is 0 Å². The molecular weight excluding hydrogens is 343 g/mol. The maximum Gasteiger partial charge on any atom is 0.416 e. The van der Waals surface area contributed by atoms with Crippen LogP contribution in [-0.4, -0.2) is 28.9 Å². The highest BCUT2D eigenvalue weighted by Gasteiger charge is 2.31. The van der Waals surface area contributed by atoms with Gasteiger partial charge in [-0.2, -0.15) is 13.2 Å². The third kappa shape index (κ3) is 4.40. The van der Waals surface area contributed by atoms with Gasteiger partial charge in [-0.1, -0.05) is 18.2 Å². The number of carbonyl (C=O) groups is 1. The van der Waals surface area contributed by atoms with Crippen LogP contribution in [0.3, 0.4) is 0 Å². The number of halogens is 3. The molecule has 0 saturated carbocycles. The van der Waals surface area contributed by atoms with Gasteiger partial charge in [0.1, 0.15) is 6.04 Å². The number of hydrogen-bond donors (Lipinski definition) is 1. The highest BCUT2D eigenvalue weighted by molar-refractivity contribution is 5.83. The van der Waals surface area contributed by atoms with E-state index in [4.69, 9.17) is 0 Å².